The van der Waals surface area contributed by atoms with E-state index < -0.39 is 50.9 Å². The van der Waals surface area contributed by atoms with Crippen LogP contribution in [0.1, 0.15) is 72.9 Å². The topological polar surface area (TPSA) is 199 Å². The van der Waals surface area contributed by atoms with Crippen LogP contribution in [0.15, 0.2) is 73.2 Å². The highest BCUT2D eigenvalue weighted by Gasteiger charge is 2.30. The van der Waals surface area contributed by atoms with Gasteiger partial charge in [-0.15, -0.1) is 0 Å². The van der Waals surface area contributed by atoms with Gasteiger partial charge < -0.3 is 24.8 Å². The van der Waals surface area contributed by atoms with Crippen LogP contribution in [0.4, 0.5) is 20.3 Å². The van der Waals surface area contributed by atoms with Crippen molar-refractivity contribution in [3.8, 4) is 16.9 Å². The van der Waals surface area contributed by atoms with Crippen LogP contribution in [-0.4, -0.2) is 115 Å². The Kier molecular flexibility index (Phi) is 13.0. The number of ketones is 1. The van der Waals surface area contributed by atoms with E-state index in [-0.39, 0.29) is 42.9 Å². The molecule has 3 aliphatic rings. The van der Waals surface area contributed by atoms with Crippen LogP contribution in [0.25, 0.3) is 22.2 Å². The third-order valence-electron chi connectivity index (χ3n) is 12.3. The van der Waals surface area contributed by atoms with Crippen LogP contribution in [-0.2, 0) is 24.6 Å². The predicted molar refractivity (Wildman–Crippen MR) is 235 cm³/mol. The van der Waals surface area contributed by atoms with Crippen molar-refractivity contribution in [1.82, 2.24) is 34.8 Å². The molecule has 0 unspecified atom stereocenters. The fraction of sp³-hybridized carbons (Fsp3) is 0.378. The first kappa shape index (κ1) is 44.3. The summed E-state index contributed by atoms with van der Waals surface area (Å²) in [5, 5.41) is 6.10. The Morgan fingerprint density at radius 1 is 0.922 bits per heavy atom. The number of rotatable bonds is 14. The van der Waals surface area contributed by atoms with Gasteiger partial charge in [-0.3, -0.25) is 29.2 Å². The number of nitrogens with one attached hydrogen (secondary N) is 4. The van der Waals surface area contributed by atoms with Gasteiger partial charge in [0.2, 0.25) is 17.6 Å². The van der Waals surface area contributed by atoms with Crippen molar-refractivity contribution in [3.05, 3.63) is 102 Å². The van der Waals surface area contributed by atoms with E-state index in [1.165, 1.54) is 18.8 Å². The van der Waals surface area contributed by atoms with Gasteiger partial charge in [-0.1, -0.05) is 19.1 Å². The first-order valence-electron chi connectivity index (χ1n) is 21.3. The second-order valence-electron chi connectivity index (χ2n) is 16.3. The summed E-state index contributed by atoms with van der Waals surface area (Å²) in [6.07, 6.45) is 7.94. The minimum atomic E-state index is -4.14. The van der Waals surface area contributed by atoms with Gasteiger partial charge in [-0.2, -0.15) is 12.7 Å². The number of hydrogen-bond acceptors (Lipinski definition) is 11. The zero-order valence-corrected chi connectivity index (χ0v) is 36.2. The van der Waals surface area contributed by atoms with Gasteiger partial charge in [-0.05, 0) is 79.6 Å². The molecule has 0 bridgehead atoms. The Morgan fingerprint density at radius 2 is 1.66 bits per heavy atom. The Balaban J connectivity index is 0.812. The zero-order chi connectivity index (χ0) is 45.1. The van der Waals surface area contributed by atoms with E-state index in [0.717, 1.165) is 61.0 Å². The molecule has 2 aromatic carbocycles. The summed E-state index contributed by atoms with van der Waals surface area (Å²) in [6.45, 7) is 4.81. The first-order chi connectivity index (χ1) is 30.8. The molecule has 3 aromatic heterocycles. The van der Waals surface area contributed by atoms with Crippen molar-refractivity contribution < 1.29 is 41.1 Å². The van der Waals surface area contributed by atoms with Crippen molar-refractivity contribution >= 4 is 56.3 Å². The number of likely N-dealkylation sites (tertiary alicyclic amines) is 1. The molecule has 3 saturated heterocycles. The van der Waals surface area contributed by atoms with Crippen LogP contribution in [0, 0.1) is 11.6 Å². The number of aromatic amines is 1. The molecular formula is C45H49F2N9O7S. The van der Waals surface area contributed by atoms with E-state index in [0.29, 0.717) is 53.3 Å². The molecule has 16 nitrogen and oxygen atoms in total. The minimum Gasteiger partial charge on any atom is -0.481 e. The van der Waals surface area contributed by atoms with Crippen molar-refractivity contribution in [2.24, 2.45) is 0 Å². The number of carbonyl (C=O) groups excluding carboxylic acids is 4. The molecule has 19 heteroatoms. The fourth-order valence-electron chi connectivity index (χ4n) is 8.34. The van der Waals surface area contributed by atoms with E-state index in [2.05, 4.69) is 30.2 Å². The fourth-order valence-corrected chi connectivity index (χ4v) is 9.27. The maximum absolute atomic E-state index is 15.6. The number of benzene rings is 2. The molecular weight excluding hydrogens is 849 g/mol. The highest BCUT2D eigenvalue weighted by atomic mass is 32.2. The number of H-pyrrole nitrogens is 1. The van der Waals surface area contributed by atoms with Crippen LogP contribution in [0.5, 0.6) is 5.75 Å². The van der Waals surface area contributed by atoms with E-state index >= 15 is 8.78 Å². The molecule has 5 aromatic rings. The number of piperidine rings is 3. The van der Waals surface area contributed by atoms with Gasteiger partial charge in [-0.25, -0.2) is 18.7 Å². The molecule has 0 radical (unpaired) electrons. The molecule has 8 rings (SSSR count). The largest absolute Gasteiger partial charge is 0.481 e. The first-order valence-corrected chi connectivity index (χ1v) is 22.8. The molecule has 3 fully saturated rings. The molecule has 6 heterocycles. The Bertz CT molecular complexity index is 2670. The van der Waals surface area contributed by atoms with Gasteiger partial charge in [0, 0.05) is 99.3 Å². The van der Waals surface area contributed by atoms with Gasteiger partial charge in [0.15, 0.2) is 11.9 Å². The SMILES string of the molecule is CCN(C)S(=O)(=O)Nc1ccc(F)c(C(=O)c2c[nH]c3ncc(-c4ccc(N5CCC(NCC(=O)N6CCC(c7ccc(O[C@@H]8CCC(=O)NC8=O)cc7)CC6)CC5)nc4)cc23)c1F. The smallest absolute Gasteiger partial charge is 0.301 e. The number of hydrogen-bond donors (Lipinski definition) is 4. The van der Waals surface area contributed by atoms with Crippen molar-refractivity contribution in [1.29, 1.82) is 0 Å². The van der Waals surface area contributed by atoms with Crippen molar-refractivity contribution in [2.45, 2.75) is 63.5 Å². The van der Waals surface area contributed by atoms with E-state index in [9.17, 15) is 27.6 Å². The molecule has 64 heavy (non-hydrogen) atoms. The average molecular weight is 898 g/mol. The van der Waals surface area contributed by atoms with E-state index in [1.54, 1.807) is 25.4 Å². The molecule has 336 valence electrons. The summed E-state index contributed by atoms with van der Waals surface area (Å²) in [4.78, 5) is 66.4. The van der Waals surface area contributed by atoms with E-state index in [1.807, 2.05) is 41.3 Å². The van der Waals surface area contributed by atoms with Crippen LogP contribution < -0.4 is 25.0 Å². The zero-order valence-electron chi connectivity index (χ0n) is 35.4. The number of ether oxygens (including phenoxy) is 1. The Hall–Kier alpha value is -6.31. The third-order valence-corrected chi connectivity index (χ3v) is 13.9. The van der Waals surface area contributed by atoms with Gasteiger partial charge >= 0.3 is 10.2 Å². The number of fused-ring (bicyclic) bond motifs is 1. The van der Waals surface area contributed by atoms with Crippen LogP contribution >= 0.6 is 0 Å². The lowest BCUT2D eigenvalue weighted by molar-refractivity contribution is -0.139. The number of aromatic nitrogens is 3. The average Bonchev–Trinajstić information content (AvgIpc) is 3.74. The quantitative estimate of drug-likeness (QED) is 0.0875. The summed E-state index contributed by atoms with van der Waals surface area (Å²) < 4.78 is 64.6. The summed E-state index contributed by atoms with van der Waals surface area (Å²) in [5.74, 6) is -2.37. The molecule has 4 N–H and O–H groups in total. The lowest BCUT2D eigenvalue weighted by atomic mass is 9.89. The summed E-state index contributed by atoms with van der Waals surface area (Å²) in [7, 11) is -2.85. The van der Waals surface area contributed by atoms with Gasteiger partial charge in [0.05, 0.1) is 17.8 Å². The number of carbonyl (C=O) groups is 4. The Labute approximate surface area is 368 Å². The monoisotopic (exact) mass is 897 g/mol. The van der Waals surface area contributed by atoms with Crippen molar-refractivity contribution in [3.63, 3.8) is 0 Å². The maximum atomic E-state index is 15.6. The molecule has 0 aliphatic carbocycles. The molecule has 0 saturated carbocycles. The Morgan fingerprint density at radius 3 is 2.34 bits per heavy atom. The standard InChI is InChI=1S/C45H49F2N9O7S/c1-3-54(2)64(61,62)53-36-10-9-35(46)41(42(36)47)43(59)34-25-51-44-33(34)22-30(24-50-44)29-6-12-38(49-23-29)55-20-16-31(17-21-55)48-26-40(58)56-18-14-28(15-19-56)27-4-7-32(8-5-27)63-37-11-13-39(57)52-45(37)60/h4-10,12,22-25,28,31,37,48,53H,3,11,13-21,26H2,1-2H3,(H,50,51)(H,52,57,60)/t37-/m1/s1. The summed E-state index contributed by atoms with van der Waals surface area (Å²) in [5.41, 5.74) is 1.31. The highest BCUT2D eigenvalue weighted by Crippen LogP contribution is 2.32. The van der Waals surface area contributed by atoms with Gasteiger partial charge in [0.1, 0.15) is 23.0 Å². The lowest BCUT2D eigenvalue weighted by Gasteiger charge is -2.35. The number of anilines is 2. The van der Waals surface area contributed by atoms with Gasteiger partial charge in [0.25, 0.3) is 5.91 Å². The number of nitrogens with zero attached hydrogens (tertiary/aromatic N) is 5. The lowest BCUT2D eigenvalue weighted by Crippen LogP contribution is -2.48. The number of halogens is 2. The van der Waals surface area contributed by atoms with Crippen molar-refractivity contribution in [2.75, 3.05) is 55.9 Å². The third kappa shape index (κ3) is 9.60. The number of pyridine rings is 2. The number of amides is 3. The van der Waals surface area contributed by atoms with E-state index in [4.69, 9.17) is 9.72 Å². The molecule has 3 aliphatic heterocycles. The van der Waals surface area contributed by atoms with Crippen LogP contribution in [0.2, 0.25) is 0 Å². The maximum Gasteiger partial charge on any atom is 0.301 e. The van der Waals surface area contributed by atoms with Crippen LogP contribution in [0.3, 0.4) is 0 Å². The summed E-state index contributed by atoms with van der Waals surface area (Å²) >= 11 is 0. The normalized spacial score (nSPS) is 17.8. The molecule has 1 atom stereocenters. The molecule has 3 amide bonds. The second-order valence-corrected chi connectivity index (χ2v) is 18.1. The summed E-state index contributed by atoms with van der Waals surface area (Å²) in [6, 6.07) is 15.2. The minimum absolute atomic E-state index is 0.0411. The number of imide groups is 1. The molecule has 0 spiro atoms. The highest BCUT2D eigenvalue weighted by molar-refractivity contribution is 7.90. The predicted octanol–water partition coefficient (Wildman–Crippen LogP) is 4.89. The second kappa shape index (κ2) is 18.8.